The third kappa shape index (κ3) is 4.60. The predicted octanol–water partition coefficient (Wildman–Crippen LogP) is -0.245. The van der Waals surface area contributed by atoms with Crippen molar-refractivity contribution in [3.05, 3.63) is 12.0 Å². The lowest BCUT2D eigenvalue weighted by Crippen LogP contribution is -2.62. The summed E-state index contributed by atoms with van der Waals surface area (Å²) in [5.41, 5.74) is 6.86. The Morgan fingerprint density at radius 1 is 1.61 bits per heavy atom. The molecule has 0 saturated carbocycles. The Balaban J connectivity index is 2.09. The molecule has 1 aliphatic rings. The fourth-order valence-electron chi connectivity index (χ4n) is 2.20. The molecular weight excluding hydrogens is 323 g/mol. The van der Waals surface area contributed by atoms with E-state index in [1.54, 1.807) is 17.8 Å². The molecule has 6 N–H and O–H groups in total. The van der Waals surface area contributed by atoms with Gasteiger partial charge in [-0.05, 0) is 19.9 Å². The van der Waals surface area contributed by atoms with Crippen molar-refractivity contribution in [1.29, 1.82) is 0 Å². The van der Waals surface area contributed by atoms with Crippen molar-refractivity contribution in [2.24, 2.45) is 10.7 Å². The minimum Gasteiger partial charge on any atom is -0.364 e. The summed E-state index contributed by atoms with van der Waals surface area (Å²) in [4.78, 5) is 26.3. The molecule has 0 aliphatic carbocycles. The first-order chi connectivity index (χ1) is 10.7. The maximum absolute atomic E-state index is 10.9. The first kappa shape index (κ1) is 18.1. The third-order valence-corrected chi connectivity index (χ3v) is 3.78. The van der Waals surface area contributed by atoms with Crippen molar-refractivity contribution in [2.45, 2.75) is 38.7 Å². The van der Waals surface area contributed by atoms with Gasteiger partial charge >= 0.3 is 7.60 Å². The van der Waals surface area contributed by atoms with Crippen LogP contribution in [-0.2, 0) is 21.6 Å². The summed E-state index contributed by atoms with van der Waals surface area (Å²) in [6.07, 6.45) is 2.98. The van der Waals surface area contributed by atoms with E-state index < -0.39 is 25.8 Å². The Morgan fingerprint density at radius 2 is 2.35 bits per heavy atom. The fraction of sp³-hybridized carbons (Fsp3) is 0.667. The summed E-state index contributed by atoms with van der Waals surface area (Å²) in [5.74, 6) is -0.407. The van der Waals surface area contributed by atoms with Gasteiger partial charge in [-0.15, -0.1) is 0 Å². The SMILES string of the molecule is CCCNC1(N)NC=Nc2c1ncn2C[C@@H](C)OCP(=O)(O)O. The van der Waals surface area contributed by atoms with Crippen LogP contribution in [0.5, 0.6) is 0 Å². The van der Waals surface area contributed by atoms with Gasteiger partial charge in [0.2, 0.25) is 0 Å². The van der Waals surface area contributed by atoms with E-state index in [1.165, 1.54) is 6.34 Å². The maximum Gasteiger partial charge on any atom is 0.350 e. The minimum atomic E-state index is -4.18. The van der Waals surface area contributed by atoms with Gasteiger partial charge in [0.25, 0.3) is 0 Å². The zero-order valence-corrected chi connectivity index (χ0v) is 14.0. The molecule has 130 valence electrons. The molecule has 1 unspecified atom stereocenters. The number of rotatable bonds is 8. The number of hydrogen-bond acceptors (Lipinski definition) is 7. The average molecular weight is 346 g/mol. The topological polar surface area (TPSA) is 147 Å². The van der Waals surface area contributed by atoms with Crippen LogP contribution < -0.4 is 16.4 Å². The van der Waals surface area contributed by atoms with E-state index in [0.29, 0.717) is 24.6 Å². The van der Waals surface area contributed by atoms with Gasteiger partial charge in [-0.1, -0.05) is 6.92 Å². The Kier molecular flexibility index (Phi) is 5.56. The number of nitrogens with two attached hydrogens (primary N) is 1. The van der Waals surface area contributed by atoms with Crippen molar-refractivity contribution in [2.75, 3.05) is 12.9 Å². The highest BCUT2D eigenvalue weighted by molar-refractivity contribution is 7.51. The lowest BCUT2D eigenvalue weighted by Gasteiger charge is -2.32. The van der Waals surface area contributed by atoms with E-state index in [2.05, 4.69) is 20.6 Å². The highest BCUT2D eigenvalue weighted by Gasteiger charge is 2.34. The largest absolute Gasteiger partial charge is 0.364 e. The number of hydrogen-bond donors (Lipinski definition) is 5. The standard InChI is InChI=1S/C12H23N6O4P/c1-3-4-16-12(13)10-11(14-6-17-12)18(7-15-10)5-9(2)22-8-23(19,20)21/h6-7,9,16H,3-5,8,13H2,1-2H3,(H,14,17)(H2,19,20,21)/t9-,12?/m1/s1. The predicted molar refractivity (Wildman–Crippen MR) is 85.1 cm³/mol. The van der Waals surface area contributed by atoms with Gasteiger partial charge in [0.1, 0.15) is 12.0 Å². The van der Waals surface area contributed by atoms with Crippen molar-refractivity contribution in [1.82, 2.24) is 20.2 Å². The molecule has 2 rings (SSSR count). The van der Waals surface area contributed by atoms with E-state index in [9.17, 15) is 4.57 Å². The maximum atomic E-state index is 10.9. The molecule has 2 heterocycles. The highest BCUT2D eigenvalue weighted by Crippen LogP contribution is 2.34. The van der Waals surface area contributed by atoms with Crippen molar-refractivity contribution < 1.29 is 19.1 Å². The number of fused-ring (bicyclic) bond motifs is 1. The molecule has 1 aromatic heterocycles. The van der Waals surface area contributed by atoms with E-state index in [0.717, 1.165) is 6.42 Å². The van der Waals surface area contributed by atoms with Crippen LogP contribution in [0.3, 0.4) is 0 Å². The Bertz CT molecular complexity index is 615. The molecule has 1 aromatic rings. The second kappa shape index (κ2) is 7.08. The van der Waals surface area contributed by atoms with Gasteiger partial charge in [0.05, 0.1) is 25.3 Å². The molecule has 0 aromatic carbocycles. The molecule has 0 spiro atoms. The van der Waals surface area contributed by atoms with E-state index in [4.69, 9.17) is 20.3 Å². The van der Waals surface area contributed by atoms with Gasteiger partial charge in [-0.2, -0.15) is 0 Å². The van der Waals surface area contributed by atoms with Crippen LogP contribution in [0.4, 0.5) is 5.82 Å². The lowest BCUT2D eigenvalue weighted by atomic mass is 10.2. The minimum absolute atomic E-state index is 0.351. The van der Waals surface area contributed by atoms with Crippen LogP contribution in [0.1, 0.15) is 26.0 Å². The number of nitrogens with one attached hydrogen (secondary N) is 2. The zero-order valence-electron chi connectivity index (χ0n) is 13.1. The molecular formula is C12H23N6O4P. The van der Waals surface area contributed by atoms with Crippen LogP contribution >= 0.6 is 7.60 Å². The van der Waals surface area contributed by atoms with Crippen LogP contribution in [0, 0.1) is 0 Å². The van der Waals surface area contributed by atoms with Gasteiger partial charge < -0.3 is 24.4 Å². The molecule has 0 bridgehead atoms. The quantitative estimate of drug-likeness (QED) is 0.320. The summed E-state index contributed by atoms with van der Waals surface area (Å²) < 4.78 is 17.8. The first-order valence-electron chi connectivity index (χ1n) is 7.31. The average Bonchev–Trinajstić information content (AvgIpc) is 2.87. The summed E-state index contributed by atoms with van der Waals surface area (Å²) in [6, 6.07) is 0. The van der Waals surface area contributed by atoms with E-state index in [-0.39, 0.29) is 0 Å². The molecule has 10 nitrogen and oxygen atoms in total. The van der Waals surface area contributed by atoms with Gasteiger partial charge in [0.15, 0.2) is 11.6 Å². The summed E-state index contributed by atoms with van der Waals surface area (Å²) >= 11 is 0. The monoisotopic (exact) mass is 346 g/mol. The Morgan fingerprint density at radius 3 is 3.00 bits per heavy atom. The molecule has 2 atom stereocenters. The van der Waals surface area contributed by atoms with E-state index >= 15 is 0 Å². The molecule has 11 heteroatoms. The number of aromatic nitrogens is 2. The summed E-state index contributed by atoms with van der Waals surface area (Å²) in [5, 5.41) is 6.14. The Labute approximate surface area is 134 Å². The van der Waals surface area contributed by atoms with Crippen LogP contribution in [0.15, 0.2) is 11.3 Å². The van der Waals surface area contributed by atoms with Crippen LogP contribution in [0.25, 0.3) is 0 Å². The second-order valence-electron chi connectivity index (χ2n) is 5.48. The smallest absolute Gasteiger partial charge is 0.350 e. The van der Waals surface area contributed by atoms with Crippen molar-refractivity contribution in [3.63, 3.8) is 0 Å². The zero-order chi connectivity index (χ0) is 17.1. The van der Waals surface area contributed by atoms with Gasteiger partial charge in [-0.25, -0.2) is 9.98 Å². The molecule has 0 fully saturated rings. The number of aliphatic imine (C=N–C) groups is 1. The van der Waals surface area contributed by atoms with Crippen molar-refractivity contribution >= 4 is 19.8 Å². The lowest BCUT2D eigenvalue weighted by molar-refractivity contribution is 0.0760. The summed E-state index contributed by atoms with van der Waals surface area (Å²) in [6.45, 7) is 4.82. The van der Waals surface area contributed by atoms with Gasteiger partial charge in [-0.3, -0.25) is 15.6 Å². The van der Waals surface area contributed by atoms with E-state index in [1.807, 2.05) is 6.92 Å². The second-order valence-corrected chi connectivity index (χ2v) is 7.07. The first-order valence-corrected chi connectivity index (χ1v) is 9.11. The molecule has 0 amide bonds. The fourth-order valence-corrected chi connectivity index (χ4v) is 2.65. The normalized spacial score (nSPS) is 21.8. The van der Waals surface area contributed by atoms with Crippen LogP contribution in [-0.4, -0.2) is 44.7 Å². The molecule has 1 aliphatic heterocycles. The third-order valence-electron chi connectivity index (χ3n) is 3.30. The molecule has 23 heavy (non-hydrogen) atoms. The Hall–Kier alpha value is -1.29. The molecule has 0 radical (unpaired) electrons. The number of nitrogens with zero attached hydrogens (tertiary/aromatic N) is 3. The number of ether oxygens (including phenoxy) is 1. The summed E-state index contributed by atoms with van der Waals surface area (Å²) in [7, 11) is -4.18. The number of imidazole rings is 1. The van der Waals surface area contributed by atoms with Crippen molar-refractivity contribution in [3.8, 4) is 0 Å². The van der Waals surface area contributed by atoms with Crippen LogP contribution in [0.2, 0.25) is 0 Å². The highest BCUT2D eigenvalue weighted by atomic mass is 31.2. The molecule has 0 saturated heterocycles. The van der Waals surface area contributed by atoms with Gasteiger partial charge in [0, 0.05) is 0 Å².